The van der Waals surface area contributed by atoms with Crippen molar-refractivity contribution in [1.82, 2.24) is 5.32 Å². The lowest BCUT2D eigenvalue weighted by atomic mass is 9.85. The normalized spacial score (nSPS) is 12.2. The lowest BCUT2D eigenvalue weighted by Crippen LogP contribution is -2.35. The Morgan fingerprint density at radius 3 is 2.35 bits per heavy atom. The third-order valence-corrected chi connectivity index (χ3v) is 2.66. The first-order valence-corrected chi connectivity index (χ1v) is 5.97. The topological polar surface area (TPSA) is 12.0 Å². The summed E-state index contributed by atoms with van der Waals surface area (Å²) in [7, 11) is 0. The van der Waals surface area contributed by atoms with Crippen molar-refractivity contribution in [3.05, 3.63) is 35.4 Å². The van der Waals surface area contributed by atoms with E-state index in [0.29, 0.717) is 6.04 Å². The molecular weight excluding hydrogens is 220 g/mol. The summed E-state index contributed by atoms with van der Waals surface area (Å²) in [6, 6.07) is 4.55. The SMILES string of the molecule is CC(C)NCC(C)(C)Cc1ccc(F)c(F)c1. The van der Waals surface area contributed by atoms with E-state index < -0.39 is 11.6 Å². The fraction of sp³-hybridized carbons (Fsp3) is 0.571. The summed E-state index contributed by atoms with van der Waals surface area (Å²) in [6.45, 7) is 9.26. The molecule has 0 spiro atoms. The van der Waals surface area contributed by atoms with Crippen molar-refractivity contribution in [2.45, 2.75) is 40.2 Å². The summed E-state index contributed by atoms with van der Waals surface area (Å²) in [6.07, 6.45) is 0.726. The molecule has 0 aliphatic heterocycles. The van der Waals surface area contributed by atoms with Crippen molar-refractivity contribution in [3.8, 4) is 0 Å². The number of rotatable bonds is 5. The molecule has 1 aromatic rings. The minimum atomic E-state index is -0.785. The highest BCUT2D eigenvalue weighted by atomic mass is 19.2. The number of nitrogens with one attached hydrogen (secondary N) is 1. The molecule has 0 fully saturated rings. The second-order valence-corrected chi connectivity index (χ2v) is 5.63. The van der Waals surface area contributed by atoms with Crippen LogP contribution in [0.5, 0.6) is 0 Å². The van der Waals surface area contributed by atoms with E-state index in [-0.39, 0.29) is 5.41 Å². The van der Waals surface area contributed by atoms with Gasteiger partial charge in [0.05, 0.1) is 0 Å². The molecule has 0 aliphatic rings. The van der Waals surface area contributed by atoms with Crippen molar-refractivity contribution in [1.29, 1.82) is 0 Å². The van der Waals surface area contributed by atoms with Crippen molar-refractivity contribution in [2.24, 2.45) is 5.41 Å². The fourth-order valence-corrected chi connectivity index (χ4v) is 1.75. The third kappa shape index (κ3) is 4.82. The molecule has 0 radical (unpaired) electrons. The Kier molecular flexibility index (Phi) is 4.63. The summed E-state index contributed by atoms with van der Waals surface area (Å²) in [5.41, 5.74) is 0.855. The van der Waals surface area contributed by atoms with Gasteiger partial charge in [0, 0.05) is 12.6 Å². The quantitative estimate of drug-likeness (QED) is 0.831. The van der Waals surface area contributed by atoms with Gasteiger partial charge in [-0.2, -0.15) is 0 Å². The first kappa shape index (κ1) is 14.1. The van der Waals surface area contributed by atoms with Gasteiger partial charge < -0.3 is 5.32 Å². The average Bonchev–Trinajstić information content (AvgIpc) is 2.21. The zero-order valence-corrected chi connectivity index (χ0v) is 11.0. The molecule has 0 amide bonds. The van der Waals surface area contributed by atoms with Crippen LogP contribution in [0.25, 0.3) is 0 Å². The van der Waals surface area contributed by atoms with Crippen molar-refractivity contribution in [3.63, 3.8) is 0 Å². The Morgan fingerprint density at radius 1 is 1.18 bits per heavy atom. The Balaban J connectivity index is 2.65. The maximum Gasteiger partial charge on any atom is 0.159 e. The second kappa shape index (κ2) is 5.58. The van der Waals surface area contributed by atoms with Crippen molar-refractivity contribution < 1.29 is 8.78 Å². The molecule has 0 heterocycles. The Morgan fingerprint density at radius 2 is 1.82 bits per heavy atom. The Labute approximate surface area is 102 Å². The fourth-order valence-electron chi connectivity index (χ4n) is 1.75. The van der Waals surface area contributed by atoms with Crippen LogP contribution >= 0.6 is 0 Å². The summed E-state index contributed by atoms with van der Waals surface area (Å²) in [5, 5.41) is 3.36. The average molecular weight is 241 g/mol. The van der Waals surface area contributed by atoms with Crippen LogP contribution in [0.15, 0.2) is 18.2 Å². The molecule has 0 bridgehead atoms. The summed E-state index contributed by atoms with van der Waals surface area (Å²) in [4.78, 5) is 0. The van der Waals surface area contributed by atoms with Gasteiger partial charge in [-0.25, -0.2) is 8.78 Å². The van der Waals surface area contributed by atoms with E-state index in [4.69, 9.17) is 0 Å². The van der Waals surface area contributed by atoms with Crippen LogP contribution in [0.4, 0.5) is 8.78 Å². The van der Waals surface area contributed by atoms with Gasteiger partial charge in [-0.05, 0) is 29.5 Å². The lowest BCUT2D eigenvalue weighted by Gasteiger charge is -2.26. The highest BCUT2D eigenvalue weighted by molar-refractivity contribution is 5.19. The van der Waals surface area contributed by atoms with Gasteiger partial charge in [-0.15, -0.1) is 0 Å². The summed E-state index contributed by atoms with van der Waals surface area (Å²) < 4.78 is 25.9. The number of benzene rings is 1. The molecule has 0 atom stereocenters. The molecule has 0 aromatic heterocycles. The van der Waals surface area contributed by atoms with E-state index in [1.54, 1.807) is 6.07 Å². The second-order valence-electron chi connectivity index (χ2n) is 5.63. The van der Waals surface area contributed by atoms with Gasteiger partial charge in [0.15, 0.2) is 11.6 Å². The minimum Gasteiger partial charge on any atom is -0.314 e. The molecular formula is C14H21F2N. The predicted molar refractivity (Wildman–Crippen MR) is 67.0 cm³/mol. The van der Waals surface area contributed by atoms with Crippen LogP contribution in [0.1, 0.15) is 33.3 Å². The highest BCUT2D eigenvalue weighted by Crippen LogP contribution is 2.22. The molecule has 1 nitrogen and oxygen atoms in total. The number of halogens is 2. The molecule has 1 N–H and O–H groups in total. The van der Waals surface area contributed by atoms with E-state index in [9.17, 15) is 8.78 Å². The first-order valence-electron chi connectivity index (χ1n) is 5.97. The van der Waals surface area contributed by atoms with Crippen molar-refractivity contribution in [2.75, 3.05) is 6.54 Å². The molecule has 0 unspecified atom stereocenters. The highest BCUT2D eigenvalue weighted by Gasteiger charge is 2.19. The number of hydrogen-bond donors (Lipinski definition) is 1. The van der Waals surface area contributed by atoms with E-state index in [1.807, 2.05) is 0 Å². The van der Waals surface area contributed by atoms with Gasteiger partial charge >= 0.3 is 0 Å². The van der Waals surface area contributed by atoms with Crippen LogP contribution in [-0.2, 0) is 6.42 Å². The molecule has 0 saturated heterocycles. The van der Waals surface area contributed by atoms with Crippen molar-refractivity contribution >= 4 is 0 Å². The van der Waals surface area contributed by atoms with Crippen LogP contribution in [-0.4, -0.2) is 12.6 Å². The Bertz CT molecular complexity index is 372. The van der Waals surface area contributed by atoms with E-state index in [1.165, 1.54) is 12.1 Å². The van der Waals surface area contributed by atoms with E-state index >= 15 is 0 Å². The number of hydrogen-bond acceptors (Lipinski definition) is 1. The molecule has 1 aromatic carbocycles. The van der Waals surface area contributed by atoms with Gasteiger partial charge in [-0.1, -0.05) is 33.8 Å². The van der Waals surface area contributed by atoms with E-state index in [2.05, 4.69) is 33.0 Å². The lowest BCUT2D eigenvalue weighted by molar-refractivity contribution is 0.325. The molecule has 3 heteroatoms. The van der Waals surface area contributed by atoms with Gasteiger partial charge in [-0.3, -0.25) is 0 Å². The largest absolute Gasteiger partial charge is 0.314 e. The molecule has 0 saturated carbocycles. The van der Waals surface area contributed by atoms with Crippen LogP contribution in [0.2, 0.25) is 0 Å². The molecule has 0 aliphatic carbocycles. The standard InChI is InChI=1S/C14H21F2N/c1-10(2)17-9-14(3,4)8-11-5-6-12(15)13(16)7-11/h5-7,10,17H,8-9H2,1-4H3. The van der Waals surface area contributed by atoms with Crippen LogP contribution in [0, 0.1) is 17.0 Å². The van der Waals surface area contributed by atoms with E-state index in [0.717, 1.165) is 18.5 Å². The maximum absolute atomic E-state index is 13.1. The maximum atomic E-state index is 13.1. The van der Waals surface area contributed by atoms with Gasteiger partial charge in [0.1, 0.15) is 0 Å². The van der Waals surface area contributed by atoms with Gasteiger partial charge in [0.25, 0.3) is 0 Å². The predicted octanol–water partition coefficient (Wildman–Crippen LogP) is 3.53. The summed E-state index contributed by atoms with van der Waals surface area (Å²) in [5.74, 6) is -1.55. The minimum absolute atomic E-state index is 0.0224. The molecule has 17 heavy (non-hydrogen) atoms. The van der Waals surface area contributed by atoms with Crippen LogP contribution in [0.3, 0.4) is 0 Å². The third-order valence-electron chi connectivity index (χ3n) is 2.66. The zero-order chi connectivity index (χ0) is 13.1. The first-order chi connectivity index (χ1) is 7.80. The molecule has 96 valence electrons. The molecule has 1 rings (SSSR count). The Hall–Kier alpha value is -0.960. The zero-order valence-electron chi connectivity index (χ0n) is 11.0. The summed E-state index contributed by atoms with van der Waals surface area (Å²) >= 11 is 0. The van der Waals surface area contributed by atoms with Crippen LogP contribution < -0.4 is 5.32 Å². The smallest absolute Gasteiger partial charge is 0.159 e. The van der Waals surface area contributed by atoms with Gasteiger partial charge in [0.2, 0.25) is 0 Å². The monoisotopic (exact) mass is 241 g/mol.